The van der Waals surface area contributed by atoms with Crippen LogP contribution in [0.1, 0.15) is 16.8 Å². The molecule has 0 fully saturated rings. The fourth-order valence-corrected chi connectivity index (χ4v) is 2.40. The molecule has 24 heavy (non-hydrogen) atoms. The second kappa shape index (κ2) is 6.93. The lowest BCUT2D eigenvalue weighted by Crippen LogP contribution is -2.14. The van der Waals surface area contributed by atoms with Gasteiger partial charge in [-0.05, 0) is 49.2 Å². The predicted molar refractivity (Wildman–Crippen MR) is 91.4 cm³/mol. The summed E-state index contributed by atoms with van der Waals surface area (Å²) in [6, 6.07) is 9.25. The lowest BCUT2D eigenvalue weighted by atomic mass is 10.1. The summed E-state index contributed by atoms with van der Waals surface area (Å²) in [5.74, 6) is 0.209. The number of fused-ring (bicyclic) bond motifs is 1. The van der Waals surface area contributed by atoms with Crippen molar-refractivity contribution >= 4 is 23.2 Å². The first-order valence-electron chi connectivity index (χ1n) is 7.50. The van der Waals surface area contributed by atoms with Crippen LogP contribution in [0.3, 0.4) is 0 Å². The third kappa shape index (κ3) is 3.86. The minimum atomic E-state index is -0.441. The molecule has 0 unspecified atom stereocenters. The number of rotatable bonds is 5. The Hall–Kier alpha value is -2.53. The summed E-state index contributed by atoms with van der Waals surface area (Å²) in [4.78, 5) is 16.2. The van der Waals surface area contributed by atoms with Crippen LogP contribution in [0.5, 0.6) is 5.75 Å². The van der Waals surface area contributed by atoms with Crippen molar-refractivity contribution in [2.75, 3.05) is 6.61 Å². The molecule has 3 rings (SSSR count). The maximum atomic E-state index is 11.8. The molecule has 3 aromatic rings. The summed E-state index contributed by atoms with van der Waals surface area (Å²) in [6.45, 7) is 3.97. The van der Waals surface area contributed by atoms with E-state index in [0.717, 1.165) is 11.2 Å². The van der Waals surface area contributed by atoms with Crippen molar-refractivity contribution in [3.63, 3.8) is 0 Å². The maximum absolute atomic E-state index is 11.8. The lowest BCUT2D eigenvalue weighted by molar-refractivity contribution is -0.147. The van der Waals surface area contributed by atoms with E-state index in [2.05, 4.69) is 4.98 Å². The van der Waals surface area contributed by atoms with Crippen LogP contribution in [0.25, 0.3) is 5.65 Å². The summed E-state index contributed by atoms with van der Waals surface area (Å²) in [5.41, 5.74) is 3.69. The van der Waals surface area contributed by atoms with Crippen molar-refractivity contribution < 1.29 is 14.3 Å². The highest BCUT2D eigenvalue weighted by Crippen LogP contribution is 2.16. The molecule has 0 amide bonds. The van der Waals surface area contributed by atoms with Gasteiger partial charge in [-0.15, -0.1) is 0 Å². The Bertz CT molecular complexity index is 889. The zero-order valence-corrected chi connectivity index (χ0v) is 14.2. The molecule has 0 saturated carbocycles. The summed E-state index contributed by atoms with van der Waals surface area (Å²) in [7, 11) is 0. The van der Waals surface area contributed by atoms with E-state index < -0.39 is 5.97 Å². The normalized spacial score (nSPS) is 10.8. The molecule has 124 valence electrons. The third-order valence-electron chi connectivity index (χ3n) is 3.68. The highest BCUT2D eigenvalue weighted by molar-refractivity contribution is 6.30. The highest BCUT2D eigenvalue weighted by atomic mass is 35.5. The van der Waals surface area contributed by atoms with Crippen LogP contribution in [0.2, 0.25) is 5.02 Å². The van der Waals surface area contributed by atoms with Gasteiger partial charge in [-0.3, -0.25) is 0 Å². The van der Waals surface area contributed by atoms with E-state index in [4.69, 9.17) is 21.1 Å². The first-order chi connectivity index (χ1) is 11.5. The zero-order valence-electron chi connectivity index (χ0n) is 13.5. The number of aryl methyl sites for hydroxylation is 2. The molecular weight excluding hydrogens is 328 g/mol. The van der Waals surface area contributed by atoms with Gasteiger partial charge in [0.2, 0.25) is 0 Å². The number of ether oxygens (including phenoxy) is 2. The molecule has 2 heterocycles. The molecule has 0 aliphatic heterocycles. The van der Waals surface area contributed by atoms with Crippen LogP contribution in [-0.2, 0) is 16.1 Å². The van der Waals surface area contributed by atoms with Gasteiger partial charge in [0.15, 0.2) is 6.61 Å². The Morgan fingerprint density at radius 1 is 1.17 bits per heavy atom. The topological polar surface area (TPSA) is 52.8 Å². The third-order valence-corrected chi connectivity index (χ3v) is 3.90. The Labute approximate surface area is 144 Å². The molecular formula is C18H17ClN2O3. The number of hydrogen-bond acceptors (Lipinski definition) is 4. The van der Waals surface area contributed by atoms with E-state index in [1.165, 1.54) is 5.56 Å². The van der Waals surface area contributed by atoms with Gasteiger partial charge in [-0.25, -0.2) is 9.78 Å². The largest absolute Gasteiger partial charge is 0.482 e. The van der Waals surface area contributed by atoms with E-state index in [0.29, 0.717) is 16.5 Å². The standard InChI is InChI=1S/C18H17ClN2O3/c1-12-3-5-16(7-13(12)2)23-11-18(22)24-10-15-9-21-8-14(19)4-6-17(21)20-15/h3-9H,10-11H2,1-2H3. The van der Waals surface area contributed by atoms with Crippen LogP contribution in [0.4, 0.5) is 0 Å². The van der Waals surface area contributed by atoms with E-state index in [1.807, 2.05) is 32.0 Å². The number of benzene rings is 1. The number of esters is 1. The van der Waals surface area contributed by atoms with Crippen LogP contribution < -0.4 is 4.74 Å². The van der Waals surface area contributed by atoms with Gasteiger partial charge in [-0.1, -0.05) is 17.7 Å². The molecule has 5 nitrogen and oxygen atoms in total. The number of carbonyl (C=O) groups excluding carboxylic acids is 1. The molecule has 0 aliphatic carbocycles. The molecule has 0 spiro atoms. The van der Waals surface area contributed by atoms with Crippen molar-refractivity contribution in [3.05, 3.63) is 64.6 Å². The quantitative estimate of drug-likeness (QED) is 0.662. The van der Waals surface area contributed by atoms with Gasteiger partial charge in [0.1, 0.15) is 18.0 Å². The Kier molecular flexibility index (Phi) is 4.71. The summed E-state index contributed by atoms with van der Waals surface area (Å²) in [6.07, 6.45) is 3.52. The van der Waals surface area contributed by atoms with Crippen molar-refractivity contribution in [1.82, 2.24) is 9.38 Å². The van der Waals surface area contributed by atoms with Crippen molar-refractivity contribution in [3.8, 4) is 5.75 Å². The number of carbonyl (C=O) groups is 1. The molecule has 0 saturated heterocycles. The molecule has 1 aromatic carbocycles. The maximum Gasteiger partial charge on any atom is 0.344 e. The Morgan fingerprint density at radius 2 is 2.00 bits per heavy atom. The summed E-state index contributed by atoms with van der Waals surface area (Å²) >= 11 is 5.93. The monoisotopic (exact) mass is 344 g/mol. The van der Waals surface area contributed by atoms with E-state index in [1.54, 1.807) is 28.9 Å². The average molecular weight is 345 g/mol. The SMILES string of the molecule is Cc1ccc(OCC(=O)OCc2cn3cc(Cl)ccc3n2)cc1C. The molecule has 0 bridgehead atoms. The van der Waals surface area contributed by atoms with Gasteiger partial charge in [-0.2, -0.15) is 0 Å². The Balaban J connectivity index is 1.53. The van der Waals surface area contributed by atoms with Gasteiger partial charge >= 0.3 is 5.97 Å². The zero-order chi connectivity index (χ0) is 17.1. The minimum Gasteiger partial charge on any atom is -0.482 e. The van der Waals surface area contributed by atoms with Crippen LogP contribution in [-0.4, -0.2) is 22.0 Å². The molecule has 0 aliphatic rings. The van der Waals surface area contributed by atoms with Crippen LogP contribution in [0.15, 0.2) is 42.7 Å². The summed E-state index contributed by atoms with van der Waals surface area (Å²) in [5, 5.41) is 0.616. The average Bonchev–Trinajstić information content (AvgIpc) is 2.96. The first-order valence-corrected chi connectivity index (χ1v) is 7.88. The van der Waals surface area contributed by atoms with Gasteiger partial charge in [0.05, 0.1) is 10.7 Å². The van der Waals surface area contributed by atoms with Crippen LogP contribution >= 0.6 is 11.6 Å². The second-order valence-corrected chi connectivity index (χ2v) is 5.98. The number of aromatic nitrogens is 2. The molecule has 0 atom stereocenters. The fraction of sp³-hybridized carbons (Fsp3) is 0.222. The Morgan fingerprint density at radius 3 is 2.79 bits per heavy atom. The number of halogens is 1. The first kappa shape index (κ1) is 16.3. The van der Waals surface area contributed by atoms with Crippen molar-refractivity contribution in [2.24, 2.45) is 0 Å². The van der Waals surface area contributed by atoms with E-state index >= 15 is 0 Å². The second-order valence-electron chi connectivity index (χ2n) is 5.54. The molecule has 6 heteroatoms. The number of imidazole rings is 1. The van der Waals surface area contributed by atoms with E-state index in [9.17, 15) is 4.79 Å². The van der Waals surface area contributed by atoms with Gasteiger partial charge in [0.25, 0.3) is 0 Å². The summed E-state index contributed by atoms with van der Waals surface area (Å²) < 4.78 is 12.4. The van der Waals surface area contributed by atoms with Gasteiger partial charge in [0, 0.05) is 12.4 Å². The number of nitrogens with zero attached hydrogens (tertiary/aromatic N) is 2. The van der Waals surface area contributed by atoms with Gasteiger partial charge < -0.3 is 13.9 Å². The van der Waals surface area contributed by atoms with Crippen molar-refractivity contribution in [2.45, 2.75) is 20.5 Å². The van der Waals surface area contributed by atoms with Crippen molar-refractivity contribution in [1.29, 1.82) is 0 Å². The molecule has 0 N–H and O–H groups in total. The number of pyridine rings is 1. The fourth-order valence-electron chi connectivity index (χ4n) is 2.23. The minimum absolute atomic E-state index is 0.0917. The number of hydrogen-bond donors (Lipinski definition) is 0. The van der Waals surface area contributed by atoms with Crippen LogP contribution in [0, 0.1) is 13.8 Å². The molecule has 2 aromatic heterocycles. The molecule has 0 radical (unpaired) electrons. The predicted octanol–water partition coefficient (Wildman–Crippen LogP) is 3.73. The lowest BCUT2D eigenvalue weighted by Gasteiger charge is -2.08. The highest BCUT2D eigenvalue weighted by Gasteiger charge is 2.08. The van der Waals surface area contributed by atoms with E-state index in [-0.39, 0.29) is 13.2 Å². The smallest absolute Gasteiger partial charge is 0.344 e.